The van der Waals surface area contributed by atoms with Crippen molar-refractivity contribution >= 4 is 22.8 Å². The monoisotopic (exact) mass is 326 g/mol. The zero-order chi connectivity index (χ0) is 17.4. The van der Waals surface area contributed by atoms with Crippen molar-refractivity contribution in [3.05, 3.63) is 41.1 Å². The molecule has 5 nitrogen and oxygen atoms in total. The number of pyridine rings is 1. The molecule has 2 unspecified atom stereocenters. The Balaban J connectivity index is 1.98. The van der Waals surface area contributed by atoms with E-state index in [2.05, 4.69) is 10.3 Å². The van der Waals surface area contributed by atoms with Crippen LogP contribution >= 0.6 is 0 Å². The molecule has 0 aliphatic heterocycles. The number of aromatic nitrogens is 1. The highest BCUT2D eigenvalue weighted by Gasteiger charge is 2.28. The summed E-state index contributed by atoms with van der Waals surface area (Å²) >= 11 is 0. The highest BCUT2D eigenvalue weighted by Crippen LogP contribution is 2.40. The Hall–Kier alpha value is -2.43. The van der Waals surface area contributed by atoms with Gasteiger partial charge in [0.2, 0.25) is 0 Å². The van der Waals surface area contributed by atoms with Gasteiger partial charge >= 0.3 is 5.97 Å². The van der Waals surface area contributed by atoms with E-state index in [9.17, 15) is 9.59 Å². The maximum Gasteiger partial charge on any atom is 0.308 e. The summed E-state index contributed by atoms with van der Waals surface area (Å²) in [5.41, 5.74) is 3.41. The Labute approximate surface area is 141 Å². The van der Waals surface area contributed by atoms with Crippen molar-refractivity contribution in [2.75, 3.05) is 0 Å². The van der Waals surface area contributed by atoms with Crippen LogP contribution in [0.4, 0.5) is 0 Å². The minimum atomic E-state index is -0.920. The second-order valence-corrected chi connectivity index (χ2v) is 6.78. The second kappa shape index (κ2) is 6.23. The fourth-order valence-corrected chi connectivity index (χ4v) is 2.76. The minimum Gasteiger partial charge on any atom is -0.481 e. The largest absolute Gasteiger partial charge is 0.481 e. The van der Waals surface area contributed by atoms with Crippen LogP contribution in [0.15, 0.2) is 24.3 Å². The van der Waals surface area contributed by atoms with Crippen LogP contribution in [0.5, 0.6) is 0 Å². The molecular formula is C19H22N2O3. The number of carbonyl (C=O) groups excluding carboxylic acids is 1. The lowest BCUT2D eigenvalue weighted by molar-refractivity contribution is -0.141. The molecule has 0 radical (unpaired) electrons. The van der Waals surface area contributed by atoms with E-state index in [-0.39, 0.29) is 5.91 Å². The van der Waals surface area contributed by atoms with Crippen LogP contribution in [0.3, 0.4) is 0 Å². The number of amides is 1. The van der Waals surface area contributed by atoms with Crippen molar-refractivity contribution in [3.63, 3.8) is 0 Å². The number of hydrogen-bond acceptors (Lipinski definition) is 3. The average molecular weight is 326 g/mol. The molecule has 1 aliphatic carbocycles. The van der Waals surface area contributed by atoms with Crippen molar-refractivity contribution in [1.29, 1.82) is 0 Å². The van der Waals surface area contributed by atoms with E-state index in [0.29, 0.717) is 11.5 Å². The molecule has 2 aromatic rings. The predicted octanol–water partition coefficient (Wildman–Crippen LogP) is 3.26. The third-order valence-electron chi connectivity index (χ3n) is 4.72. The number of aliphatic carboxylic acids is 1. The third-order valence-corrected chi connectivity index (χ3v) is 4.72. The van der Waals surface area contributed by atoms with Gasteiger partial charge in [0.25, 0.3) is 5.91 Å². The molecule has 1 heterocycles. The summed E-state index contributed by atoms with van der Waals surface area (Å²) in [4.78, 5) is 28.6. The summed E-state index contributed by atoms with van der Waals surface area (Å²) in [6.45, 7) is 5.29. The average Bonchev–Trinajstić information content (AvgIpc) is 3.37. The molecule has 0 bridgehead atoms. The van der Waals surface area contributed by atoms with Crippen LogP contribution in [0.2, 0.25) is 0 Å². The highest BCUT2D eigenvalue weighted by atomic mass is 16.4. The number of hydrogen-bond donors (Lipinski definition) is 2. The number of carboxylic acids is 1. The Morgan fingerprint density at radius 2 is 1.96 bits per heavy atom. The van der Waals surface area contributed by atoms with E-state index in [1.807, 2.05) is 31.2 Å². The topological polar surface area (TPSA) is 79.3 Å². The minimum absolute atomic E-state index is 0.240. The molecule has 5 heteroatoms. The maximum absolute atomic E-state index is 12.8. The quantitative estimate of drug-likeness (QED) is 0.884. The fourth-order valence-electron chi connectivity index (χ4n) is 2.76. The number of aryl methyl sites for hydroxylation is 1. The number of carboxylic acid groups (broad SMARTS) is 1. The summed E-state index contributed by atoms with van der Waals surface area (Å²) in [6.07, 6.45) is 2.22. The van der Waals surface area contributed by atoms with Crippen molar-refractivity contribution in [2.45, 2.75) is 45.6 Å². The highest BCUT2D eigenvalue weighted by molar-refractivity contribution is 6.06. The lowest BCUT2D eigenvalue weighted by atomic mass is 10.0. The van der Waals surface area contributed by atoms with Crippen LogP contribution in [0.1, 0.15) is 54.2 Å². The van der Waals surface area contributed by atoms with Crippen LogP contribution in [0.25, 0.3) is 10.9 Å². The van der Waals surface area contributed by atoms with Gasteiger partial charge in [0, 0.05) is 23.0 Å². The van der Waals surface area contributed by atoms with Crippen molar-refractivity contribution in [2.24, 2.45) is 5.92 Å². The number of nitrogens with one attached hydrogen (secondary N) is 1. The van der Waals surface area contributed by atoms with Crippen LogP contribution in [0, 0.1) is 12.8 Å². The maximum atomic E-state index is 12.8. The summed E-state index contributed by atoms with van der Waals surface area (Å²) < 4.78 is 0. The molecule has 1 aliphatic rings. The third kappa shape index (κ3) is 3.25. The first-order valence-electron chi connectivity index (χ1n) is 8.32. The Bertz CT molecular complexity index is 812. The van der Waals surface area contributed by atoms with Gasteiger partial charge in [0.1, 0.15) is 0 Å². The SMILES string of the molecule is Cc1ccc2nc(C3CC3)cc(C(=O)NC(C)C(C)C(=O)O)c2c1. The molecule has 1 saturated carbocycles. The Morgan fingerprint density at radius 1 is 1.25 bits per heavy atom. The normalized spacial score (nSPS) is 16.6. The van der Waals surface area contributed by atoms with Crippen LogP contribution in [-0.2, 0) is 4.79 Å². The molecule has 1 fully saturated rings. The molecule has 2 N–H and O–H groups in total. The molecule has 126 valence electrons. The summed E-state index contributed by atoms with van der Waals surface area (Å²) in [7, 11) is 0. The smallest absolute Gasteiger partial charge is 0.308 e. The molecule has 1 aromatic heterocycles. The van der Waals surface area contributed by atoms with E-state index in [0.717, 1.165) is 35.0 Å². The van der Waals surface area contributed by atoms with Gasteiger partial charge in [0.15, 0.2) is 0 Å². The van der Waals surface area contributed by atoms with E-state index in [1.54, 1.807) is 13.8 Å². The van der Waals surface area contributed by atoms with Crippen LogP contribution in [-0.4, -0.2) is 28.0 Å². The predicted molar refractivity (Wildman–Crippen MR) is 92.2 cm³/mol. The van der Waals surface area contributed by atoms with Crippen molar-refractivity contribution < 1.29 is 14.7 Å². The lowest BCUT2D eigenvalue weighted by Crippen LogP contribution is -2.40. The molecule has 0 saturated heterocycles. The van der Waals surface area contributed by atoms with Crippen molar-refractivity contribution in [3.8, 4) is 0 Å². The Kier molecular flexibility index (Phi) is 4.26. The van der Waals surface area contributed by atoms with Gasteiger partial charge in [-0.15, -0.1) is 0 Å². The molecule has 1 amide bonds. The molecule has 1 aromatic carbocycles. The van der Waals surface area contributed by atoms with Gasteiger partial charge in [-0.1, -0.05) is 11.6 Å². The van der Waals surface area contributed by atoms with E-state index >= 15 is 0 Å². The number of benzene rings is 1. The first-order chi connectivity index (χ1) is 11.4. The van der Waals surface area contributed by atoms with E-state index < -0.39 is 17.9 Å². The first kappa shape index (κ1) is 16.4. The molecular weight excluding hydrogens is 304 g/mol. The Morgan fingerprint density at radius 3 is 2.58 bits per heavy atom. The van der Waals surface area contributed by atoms with E-state index in [4.69, 9.17) is 5.11 Å². The van der Waals surface area contributed by atoms with E-state index in [1.165, 1.54) is 0 Å². The van der Waals surface area contributed by atoms with Gasteiger partial charge in [0.05, 0.1) is 17.0 Å². The molecule has 24 heavy (non-hydrogen) atoms. The molecule has 0 spiro atoms. The number of carbonyl (C=O) groups is 2. The molecule has 3 rings (SSSR count). The fraction of sp³-hybridized carbons (Fsp3) is 0.421. The number of nitrogens with zero attached hydrogens (tertiary/aromatic N) is 1. The summed E-state index contributed by atoms with van der Waals surface area (Å²) in [5.74, 6) is -1.36. The summed E-state index contributed by atoms with van der Waals surface area (Å²) in [5, 5.41) is 12.7. The van der Waals surface area contributed by atoms with Gasteiger partial charge in [-0.3, -0.25) is 14.6 Å². The lowest BCUT2D eigenvalue weighted by Gasteiger charge is -2.19. The van der Waals surface area contributed by atoms with Crippen molar-refractivity contribution in [1.82, 2.24) is 10.3 Å². The standard InChI is InChI=1S/C19H22N2O3/c1-10-4-7-16-14(8-10)15(9-17(21-16)13-5-6-13)18(22)20-12(3)11(2)19(23)24/h4,7-9,11-13H,5-6H2,1-3H3,(H,20,22)(H,23,24). The molecule has 2 atom stereocenters. The number of fused-ring (bicyclic) bond motifs is 1. The first-order valence-corrected chi connectivity index (χ1v) is 8.32. The van der Waals surface area contributed by atoms with Gasteiger partial charge in [-0.05, 0) is 51.8 Å². The zero-order valence-corrected chi connectivity index (χ0v) is 14.2. The van der Waals surface area contributed by atoms with Gasteiger partial charge in [-0.2, -0.15) is 0 Å². The summed E-state index contributed by atoms with van der Waals surface area (Å²) in [6, 6.07) is 7.30. The zero-order valence-electron chi connectivity index (χ0n) is 14.2. The van der Waals surface area contributed by atoms with Crippen LogP contribution < -0.4 is 5.32 Å². The number of rotatable bonds is 5. The van der Waals surface area contributed by atoms with Gasteiger partial charge < -0.3 is 10.4 Å². The second-order valence-electron chi connectivity index (χ2n) is 6.78. The van der Waals surface area contributed by atoms with Gasteiger partial charge in [-0.25, -0.2) is 0 Å².